The van der Waals surface area contributed by atoms with Crippen molar-refractivity contribution in [1.29, 1.82) is 0 Å². The first-order valence-corrected chi connectivity index (χ1v) is 4.07. The highest BCUT2D eigenvalue weighted by Gasteiger charge is 2.20. The molecule has 1 aromatic heterocycles. The van der Waals surface area contributed by atoms with Crippen molar-refractivity contribution in [1.82, 2.24) is 4.98 Å². The molecule has 0 amide bonds. The van der Waals surface area contributed by atoms with Crippen molar-refractivity contribution in [3.8, 4) is 0 Å². The topological polar surface area (TPSA) is 52.0 Å². The normalized spacial score (nSPS) is 19.3. The number of oxazole rings is 1. The zero-order valence-electron chi connectivity index (χ0n) is 6.42. The molecule has 60 valence electrons. The van der Waals surface area contributed by atoms with E-state index >= 15 is 0 Å². The lowest BCUT2D eigenvalue weighted by Gasteiger charge is -2.01. The smallest absolute Gasteiger partial charge is 0.292 e. The van der Waals surface area contributed by atoms with Gasteiger partial charge in [-0.15, -0.1) is 0 Å². The van der Waals surface area contributed by atoms with E-state index < -0.39 is 0 Å². The molecule has 3 nitrogen and oxygen atoms in total. The minimum Gasteiger partial charge on any atom is -0.429 e. The molecule has 1 fully saturated rings. The van der Waals surface area contributed by atoms with Crippen molar-refractivity contribution in [2.24, 2.45) is 0 Å². The summed E-state index contributed by atoms with van der Waals surface area (Å²) in [5, 5.41) is 0. The average Bonchev–Trinajstić information content (AvgIpc) is 2.55. The Kier molecular flexibility index (Phi) is 1.56. The summed E-state index contributed by atoms with van der Waals surface area (Å²) < 4.78 is 5.23. The fraction of sp³-hybridized carbons (Fsp3) is 0.625. The molecule has 1 aromatic rings. The average molecular weight is 152 g/mol. The standard InChI is InChI=1S/C8H12N2O/c9-8-10-5-7(11-8)6-3-1-2-4-6/h5-6H,1-4H2,(H2,9,10). The van der Waals surface area contributed by atoms with Gasteiger partial charge in [0.1, 0.15) is 5.76 Å². The van der Waals surface area contributed by atoms with Crippen molar-refractivity contribution in [3.63, 3.8) is 0 Å². The number of nitrogens with zero attached hydrogens (tertiary/aromatic N) is 1. The summed E-state index contributed by atoms with van der Waals surface area (Å²) in [5.41, 5.74) is 5.37. The molecule has 1 aliphatic carbocycles. The second kappa shape index (κ2) is 2.57. The highest BCUT2D eigenvalue weighted by molar-refractivity contribution is 5.14. The van der Waals surface area contributed by atoms with Crippen molar-refractivity contribution in [2.45, 2.75) is 31.6 Å². The van der Waals surface area contributed by atoms with E-state index in [1.807, 2.05) is 0 Å². The molecule has 1 saturated carbocycles. The third-order valence-corrected chi connectivity index (χ3v) is 2.30. The Balaban J connectivity index is 2.15. The maximum Gasteiger partial charge on any atom is 0.292 e. The Labute approximate surface area is 65.6 Å². The summed E-state index contributed by atoms with van der Waals surface area (Å²) in [6.45, 7) is 0. The van der Waals surface area contributed by atoms with Gasteiger partial charge < -0.3 is 10.2 Å². The Hall–Kier alpha value is -0.990. The number of nitrogen functional groups attached to an aromatic ring is 1. The lowest BCUT2D eigenvalue weighted by Crippen LogP contribution is -1.88. The Morgan fingerprint density at radius 3 is 2.73 bits per heavy atom. The van der Waals surface area contributed by atoms with Gasteiger partial charge in [-0.05, 0) is 12.8 Å². The molecule has 0 radical (unpaired) electrons. The zero-order valence-corrected chi connectivity index (χ0v) is 6.42. The molecule has 2 rings (SSSR count). The molecule has 2 N–H and O–H groups in total. The Morgan fingerprint density at radius 2 is 2.18 bits per heavy atom. The number of anilines is 1. The SMILES string of the molecule is Nc1ncc(C2CCCC2)o1. The van der Waals surface area contributed by atoms with Gasteiger partial charge >= 0.3 is 0 Å². The van der Waals surface area contributed by atoms with E-state index in [9.17, 15) is 0 Å². The van der Waals surface area contributed by atoms with Crippen molar-refractivity contribution >= 4 is 6.01 Å². The fourth-order valence-corrected chi connectivity index (χ4v) is 1.70. The lowest BCUT2D eigenvalue weighted by molar-refractivity contribution is 0.476. The van der Waals surface area contributed by atoms with Crippen LogP contribution in [-0.2, 0) is 0 Å². The monoisotopic (exact) mass is 152 g/mol. The van der Waals surface area contributed by atoms with Crippen LogP contribution in [0.4, 0.5) is 6.01 Å². The van der Waals surface area contributed by atoms with Gasteiger partial charge in [0.2, 0.25) is 0 Å². The number of aromatic nitrogens is 1. The summed E-state index contributed by atoms with van der Waals surface area (Å²) in [6.07, 6.45) is 6.84. The first-order chi connectivity index (χ1) is 5.36. The molecule has 1 aliphatic rings. The number of rotatable bonds is 1. The van der Waals surface area contributed by atoms with E-state index in [4.69, 9.17) is 10.2 Å². The van der Waals surface area contributed by atoms with Crippen LogP contribution in [0.25, 0.3) is 0 Å². The lowest BCUT2D eigenvalue weighted by atomic mass is 10.1. The second-order valence-corrected chi connectivity index (χ2v) is 3.08. The molecule has 3 heteroatoms. The van der Waals surface area contributed by atoms with Crippen LogP contribution in [0.5, 0.6) is 0 Å². The van der Waals surface area contributed by atoms with Gasteiger partial charge in [0.25, 0.3) is 6.01 Å². The van der Waals surface area contributed by atoms with E-state index in [-0.39, 0.29) is 0 Å². The largest absolute Gasteiger partial charge is 0.429 e. The minimum atomic E-state index is 0.298. The van der Waals surface area contributed by atoms with Gasteiger partial charge in [0.05, 0.1) is 6.20 Å². The van der Waals surface area contributed by atoms with Gasteiger partial charge in [0.15, 0.2) is 0 Å². The molecule has 11 heavy (non-hydrogen) atoms. The molecule has 0 bridgehead atoms. The van der Waals surface area contributed by atoms with Gasteiger partial charge in [-0.1, -0.05) is 12.8 Å². The van der Waals surface area contributed by atoms with Crippen LogP contribution < -0.4 is 5.73 Å². The van der Waals surface area contributed by atoms with Gasteiger partial charge in [-0.2, -0.15) is 0 Å². The van der Waals surface area contributed by atoms with Gasteiger partial charge in [0, 0.05) is 5.92 Å². The second-order valence-electron chi connectivity index (χ2n) is 3.08. The fourth-order valence-electron chi connectivity index (χ4n) is 1.70. The highest BCUT2D eigenvalue weighted by atomic mass is 16.4. The van der Waals surface area contributed by atoms with E-state index in [0.29, 0.717) is 11.9 Å². The molecule has 0 saturated heterocycles. The number of hydrogen-bond acceptors (Lipinski definition) is 3. The van der Waals surface area contributed by atoms with Gasteiger partial charge in [-0.3, -0.25) is 0 Å². The summed E-state index contributed by atoms with van der Waals surface area (Å²) in [4.78, 5) is 3.87. The molecule has 0 unspecified atom stereocenters. The number of hydrogen-bond donors (Lipinski definition) is 1. The molecular formula is C8H12N2O. The van der Waals surface area contributed by atoms with Crippen LogP contribution in [0, 0.1) is 0 Å². The van der Waals surface area contributed by atoms with Crippen LogP contribution in [0.3, 0.4) is 0 Å². The minimum absolute atomic E-state index is 0.298. The quantitative estimate of drug-likeness (QED) is 0.668. The maximum atomic E-state index is 5.37. The highest BCUT2D eigenvalue weighted by Crippen LogP contribution is 2.34. The molecule has 0 aromatic carbocycles. The van der Waals surface area contributed by atoms with Gasteiger partial charge in [-0.25, -0.2) is 4.98 Å². The van der Waals surface area contributed by atoms with E-state index in [1.165, 1.54) is 25.7 Å². The summed E-state index contributed by atoms with van der Waals surface area (Å²) in [5.74, 6) is 1.56. The summed E-state index contributed by atoms with van der Waals surface area (Å²) in [6, 6.07) is 0.298. The molecule has 0 atom stereocenters. The van der Waals surface area contributed by atoms with Crippen LogP contribution in [-0.4, -0.2) is 4.98 Å². The Bertz CT molecular complexity index is 238. The molecule has 1 heterocycles. The summed E-state index contributed by atoms with van der Waals surface area (Å²) >= 11 is 0. The molecule has 0 aliphatic heterocycles. The predicted molar refractivity (Wildman–Crippen MR) is 42.1 cm³/mol. The number of nitrogens with two attached hydrogens (primary N) is 1. The summed E-state index contributed by atoms with van der Waals surface area (Å²) in [7, 11) is 0. The molecule has 0 spiro atoms. The van der Waals surface area contributed by atoms with Crippen LogP contribution >= 0.6 is 0 Å². The third-order valence-electron chi connectivity index (χ3n) is 2.30. The molecular weight excluding hydrogens is 140 g/mol. The first kappa shape index (κ1) is 6.70. The third kappa shape index (κ3) is 1.23. The van der Waals surface area contributed by atoms with E-state index in [0.717, 1.165) is 5.76 Å². The zero-order chi connectivity index (χ0) is 7.68. The van der Waals surface area contributed by atoms with E-state index in [1.54, 1.807) is 6.20 Å². The van der Waals surface area contributed by atoms with E-state index in [2.05, 4.69) is 4.98 Å². The predicted octanol–water partition coefficient (Wildman–Crippen LogP) is 1.91. The van der Waals surface area contributed by atoms with Crippen molar-refractivity contribution in [2.75, 3.05) is 5.73 Å². The Morgan fingerprint density at radius 1 is 1.45 bits per heavy atom. The van der Waals surface area contributed by atoms with Crippen molar-refractivity contribution < 1.29 is 4.42 Å². The maximum absolute atomic E-state index is 5.37. The van der Waals surface area contributed by atoms with Crippen LogP contribution in [0.15, 0.2) is 10.6 Å². The van der Waals surface area contributed by atoms with Crippen LogP contribution in [0.2, 0.25) is 0 Å². The van der Waals surface area contributed by atoms with Crippen LogP contribution in [0.1, 0.15) is 37.4 Å². The first-order valence-electron chi connectivity index (χ1n) is 4.07. The van der Waals surface area contributed by atoms with Crippen molar-refractivity contribution in [3.05, 3.63) is 12.0 Å².